The Labute approximate surface area is 90.3 Å². The van der Waals surface area contributed by atoms with Gasteiger partial charge in [0.1, 0.15) is 4.66 Å². The van der Waals surface area contributed by atoms with Crippen molar-refractivity contribution in [3.05, 3.63) is 29.3 Å². The lowest BCUT2D eigenvalue weighted by molar-refractivity contribution is 0.606. The summed E-state index contributed by atoms with van der Waals surface area (Å²) in [7, 11) is -3.26. The van der Waals surface area contributed by atoms with E-state index in [4.69, 9.17) is 11.6 Å². The molecule has 0 heterocycles. The molecule has 0 saturated heterocycles. The molecule has 0 atom stereocenters. The second-order valence-corrected chi connectivity index (χ2v) is 5.79. The van der Waals surface area contributed by atoms with E-state index in [1.54, 1.807) is 24.3 Å². The highest BCUT2D eigenvalue weighted by Gasteiger charge is 2.06. The molecule has 1 aromatic rings. The Balaban J connectivity index is 2.82. The van der Waals surface area contributed by atoms with Crippen molar-refractivity contribution in [1.29, 1.82) is 0 Å². The van der Waals surface area contributed by atoms with E-state index >= 15 is 0 Å². The van der Waals surface area contributed by atoms with Crippen LogP contribution in [0.15, 0.2) is 24.3 Å². The first-order valence-corrected chi connectivity index (χ1v) is 6.51. The van der Waals surface area contributed by atoms with E-state index in [0.717, 1.165) is 0 Å². The van der Waals surface area contributed by atoms with Gasteiger partial charge >= 0.3 is 0 Å². The van der Waals surface area contributed by atoms with Gasteiger partial charge in [-0.25, -0.2) is 8.42 Å². The number of anilines is 1. The summed E-state index contributed by atoms with van der Waals surface area (Å²) in [6.45, 7) is 0. The Morgan fingerprint density at radius 3 is 2.31 bits per heavy atom. The van der Waals surface area contributed by atoms with E-state index in [2.05, 4.69) is 20.7 Å². The molecule has 0 aliphatic heterocycles. The number of rotatable bonds is 3. The molecule has 0 spiro atoms. The van der Waals surface area contributed by atoms with E-state index in [1.807, 2.05) is 0 Å². The highest BCUT2D eigenvalue weighted by atomic mass is 79.9. The van der Waals surface area contributed by atoms with Gasteiger partial charge in [-0.2, -0.15) is 0 Å². The highest BCUT2D eigenvalue weighted by molar-refractivity contribution is 9.10. The van der Waals surface area contributed by atoms with Crippen LogP contribution in [0.2, 0.25) is 5.02 Å². The summed E-state index contributed by atoms with van der Waals surface area (Å²) in [4.78, 5) is 0. The molecule has 1 aromatic carbocycles. The monoisotopic (exact) mass is 283 g/mol. The quantitative estimate of drug-likeness (QED) is 0.867. The van der Waals surface area contributed by atoms with Crippen LogP contribution in [0.1, 0.15) is 0 Å². The molecule has 0 unspecified atom stereocenters. The molecule has 0 amide bonds. The third kappa shape index (κ3) is 3.54. The average molecular weight is 285 g/mol. The number of benzene rings is 1. The molecule has 72 valence electrons. The third-order valence-electron chi connectivity index (χ3n) is 1.26. The van der Waals surface area contributed by atoms with Crippen LogP contribution in [-0.4, -0.2) is 13.1 Å². The van der Waals surface area contributed by atoms with Crippen LogP contribution in [0.3, 0.4) is 0 Å². The van der Waals surface area contributed by atoms with Gasteiger partial charge in [0.15, 0.2) is 0 Å². The normalized spacial score (nSPS) is 11.2. The Bertz CT molecular complexity index is 376. The fourth-order valence-corrected chi connectivity index (χ4v) is 1.74. The topological polar surface area (TPSA) is 46.2 Å². The number of hydrogen-bond donors (Lipinski definition) is 1. The largest absolute Gasteiger partial charge is 0.283 e. The van der Waals surface area contributed by atoms with Crippen molar-refractivity contribution >= 4 is 43.2 Å². The predicted molar refractivity (Wildman–Crippen MR) is 57.8 cm³/mol. The van der Waals surface area contributed by atoms with Crippen LogP contribution in [0.25, 0.3) is 0 Å². The third-order valence-corrected chi connectivity index (χ3v) is 4.16. The van der Waals surface area contributed by atoms with E-state index in [-0.39, 0.29) is 4.66 Å². The first-order valence-electron chi connectivity index (χ1n) is 3.35. The van der Waals surface area contributed by atoms with Gasteiger partial charge < -0.3 is 0 Å². The van der Waals surface area contributed by atoms with Gasteiger partial charge in [-0.3, -0.25) is 4.72 Å². The number of hydrogen-bond acceptors (Lipinski definition) is 2. The zero-order valence-corrected chi connectivity index (χ0v) is 9.66. The second kappa shape index (κ2) is 4.30. The number of halogens is 2. The molecule has 3 nitrogen and oxygen atoms in total. The molecule has 0 radical (unpaired) electrons. The van der Waals surface area contributed by atoms with Gasteiger partial charge in [-0.15, -0.1) is 0 Å². The fraction of sp³-hybridized carbons (Fsp3) is 0.143. The average Bonchev–Trinajstić information content (AvgIpc) is 2.09. The Morgan fingerprint density at radius 2 is 1.85 bits per heavy atom. The van der Waals surface area contributed by atoms with Crippen LogP contribution in [0.5, 0.6) is 0 Å². The van der Waals surface area contributed by atoms with Crippen molar-refractivity contribution in [3.8, 4) is 0 Å². The van der Waals surface area contributed by atoms with Crippen LogP contribution in [-0.2, 0) is 10.0 Å². The first kappa shape index (κ1) is 10.8. The number of nitrogens with one attached hydrogen (secondary N) is 1. The summed E-state index contributed by atoms with van der Waals surface area (Å²) >= 11 is 8.50. The summed E-state index contributed by atoms with van der Waals surface area (Å²) in [6, 6.07) is 6.44. The van der Waals surface area contributed by atoms with Gasteiger partial charge in [0.25, 0.3) is 0 Å². The van der Waals surface area contributed by atoms with E-state index < -0.39 is 10.0 Å². The van der Waals surface area contributed by atoms with E-state index in [9.17, 15) is 8.42 Å². The minimum atomic E-state index is -3.26. The van der Waals surface area contributed by atoms with Crippen molar-refractivity contribution in [3.63, 3.8) is 0 Å². The van der Waals surface area contributed by atoms with Gasteiger partial charge in [0.05, 0.1) is 0 Å². The smallest absolute Gasteiger partial charge is 0.242 e. The molecule has 6 heteroatoms. The van der Waals surface area contributed by atoms with Crippen molar-refractivity contribution in [2.75, 3.05) is 9.38 Å². The fourth-order valence-electron chi connectivity index (χ4n) is 0.725. The lowest BCUT2D eigenvalue weighted by Crippen LogP contribution is -2.12. The molecule has 13 heavy (non-hydrogen) atoms. The summed E-state index contributed by atoms with van der Waals surface area (Å²) < 4.78 is 24.4. The Hall–Kier alpha value is -0.260. The van der Waals surface area contributed by atoms with Crippen molar-refractivity contribution in [2.45, 2.75) is 0 Å². The van der Waals surface area contributed by atoms with Crippen LogP contribution < -0.4 is 4.72 Å². The van der Waals surface area contributed by atoms with Crippen molar-refractivity contribution < 1.29 is 8.42 Å². The minimum absolute atomic E-state index is 0.122. The zero-order chi connectivity index (χ0) is 9.90. The molecular formula is C7H7BrClNO2S. The van der Waals surface area contributed by atoms with E-state index in [0.29, 0.717) is 10.7 Å². The highest BCUT2D eigenvalue weighted by Crippen LogP contribution is 2.14. The number of alkyl halides is 1. The molecule has 0 aliphatic carbocycles. The van der Waals surface area contributed by atoms with Crippen molar-refractivity contribution in [1.82, 2.24) is 0 Å². The Kier molecular flexibility index (Phi) is 3.58. The summed E-state index contributed by atoms with van der Waals surface area (Å²) in [6.07, 6.45) is 0. The van der Waals surface area contributed by atoms with Crippen LogP contribution in [0, 0.1) is 0 Å². The second-order valence-electron chi connectivity index (χ2n) is 2.33. The van der Waals surface area contributed by atoms with Gasteiger partial charge in [-0.05, 0) is 24.3 Å². The molecule has 1 rings (SSSR count). The standard InChI is InChI=1S/C7H7BrClNO2S/c8-5-13(11,12)10-7-3-1-6(9)2-4-7/h1-4,10H,5H2. The summed E-state index contributed by atoms with van der Waals surface area (Å²) in [5.41, 5.74) is 0.504. The lowest BCUT2D eigenvalue weighted by atomic mass is 10.3. The van der Waals surface area contributed by atoms with Gasteiger partial charge in [-0.1, -0.05) is 27.5 Å². The maximum absolute atomic E-state index is 11.1. The predicted octanol–water partition coefficient (Wildman–Crippen LogP) is 2.43. The van der Waals surface area contributed by atoms with Crippen LogP contribution in [0.4, 0.5) is 5.69 Å². The molecule has 0 bridgehead atoms. The minimum Gasteiger partial charge on any atom is -0.283 e. The molecule has 1 N–H and O–H groups in total. The molecule has 0 saturated carbocycles. The molecular weight excluding hydrogens is 278 g/mol. The molecule has 0 fully saturated rings. The Morgan fingerprint density at radius 1 is 1.31 bits per heavy atom. The van der Waals surface area contributed by atoms with Crippen molar-refractivity contribution in [2.24, 2.45) is 0 Å². The first-order chi connectivity index (χ1) is 6.03. The summed E-state index contributed by atoms with van der Waals surface area (Å²) in [5.74, 6) is 0. The van der Waals surface area contributed by atoms with Gasteiger partial charge in [0, 0.05) is 10.7 Å². The number of sulfonamides is 1. The molecule has 0 aromatic heterocycles. The summed E-state index contributed by atoms with van der Waals surface area (Å²) in [5, 5.41) is 0.571. The maximum Gasteiger partial charge on any atom is 0.242 e. The SMILES string of the molecule is O=S(=O)(CBr)Nc1ccc(Cl)cc1. The van der Waals surface area contributed by atoms with Gasteiger partial charge in [0.2, 0.25) is 10.0 Å². The van der Waals surface area contributed by atoms with E-state index in [1.165, 1.54) is 0 Å². The maximum atomic E-state index is 11.1. The zero-order valence-electron chi connectivity index (χ0n) is 6.50. The molecule has 0 aliphatic rings. The lowest BCUT2D eigenvalue weighted by Gasteiger charge is -2.04. The van der Waals surface area contributed by atoms with Crippen LogP contribution >= 0.6 is 27.5 Å².